The molecule has 19 heavy (non-hydrogen) atoms. The lowest BCUT2D eigenvalue weighted by atomic mass is 9.80. The van der Waals surface area contributed by atoms with Gasteiger partial charge in [0.25, 0.3) is 0 Å². The molecule has 0 bridgehead atoms. The number of rotatable bonds is 5. The molecule has 1 fully saturated rings. The summed E-state index contributed by atoms with van der Waals surface area (Å²) < 4.78 is 0. The van der Waals surface area contributed by atoms with Crippen molar-refractivity contribution in [1.29, 1.82) is 0 Å². The molecular formula is C17H27NS. The van der Waals surface area contributed by atoms with Crippen LogP contribution in [-0.4, -0.2) is 23.9 Å². The molecule has 0 radical (unpaired) electrons. The summed E-state index contributed by atoms with van der Waals surface area (Å²) in [7, 11) is 0. The van der Waals surface area contributed by atoms with Gasteiger partial charge in [0.2, 0.25) is 0 Å². The molecular weight excluding hydrogens is 250 g/mol. The standard InChI is InChI=1S/C17H27NS/c1-5-8-17(14(4)6-2)16(7-3)15-9-11-18(13-19)12-10-15/h1,7-8,14-15,19H,6,9-13H2,2-4H3/b16-7-,17-8-. The van der Waals surface area contributed by atoms with E-state index in [4.69, 9.17) is 6.42 Å². The smallest absolute Gasteiger partial charge is 0.0414 e. The van der Waals surface area contributed by atoms with Gasteiger partial charge in [0.05, 0.1) is 0 Å². The highest BCUT2D eigenvalue weighted by atomic mass is 32.1. The van der Waals surface area contributed by atoms with Crippen molar-refractivity contribution in [2.75, 3.05) is 19.0 Å². The molecule has 1 rings (SSSR count). The summed E-state index contributed by atoms with van der Waals surface area (Å²) in [6.07, 6.45) is 13.4. The minimum Gasteiger partial charge on any atom is -0.294 e. The molecule has 0 aromatic carbocycles. The SMILES string of the molecule is C#C/C=C(\C(=C/C)C1CCN(CS)CC1)C(C)CC. The minimum absolute atomic E-state index is 0.546. The lowest BCUT2D eigenvalue weighted by Gasteiger charge is -2.33. The Balaban J connectivity index is 2.83. The van der Waals surface area contributed by atoms with Crippen molar-refractivity contribution in [3.63, 3.8) is 0 Å². The third-order valence-electron chi connectivity index (χ3n) is 4.25. The normalized spacial score (nSPS) is 21.2. The molecule has 0 aromatic heterocycles. The quantitative estimate of drug-likeness (QED) is 0.449. The zero-order chi connectivity index (χ0) is 14.3. The predicted molar refractivity (Wildman–Crippen MR) is 88.3 cm³/mol. The Morgan fingerprint density at radius 1 is 1.47 bits per heavy atom. The number of thiol groups is 1. The molecule has 2 heteroatoms. The van der Waals surface area contributed by atoms with Crippen LogP contribution in [0, 0.1) is 24.2 Å². The Labute approximate surface area is 124 Å². The maximum absolute atomic E-state index is 5.52. The van der Waals surface area contributed by atoms with Crippen LogP contribution in [0.1, 0.15) is 40.0 Å². The molecule has 1 saturated heterocycles. The second kappa shape index (κ2) is 8.51. The monoisotopic (exact) mass is 277 g/mol. The minimum atomic E-state index is 0.546. The lowest BCUT2D eigenvalue weighted by Crippen LogP contribution is -2.33. The van der Waals surface area contributed by atoms with Crippen LogP contribution >= 0.6 is 12.6 Å². The zero-order valence-corrected chi connectivity index (χ0v) is 13.4. The Morgan fingerprint density at radius 3 is 2.53 bits per heavy atom. The van der Waals surface area contributed by atoms with Gasteiger partial charge in [-0.1, -0.05) is 25.8 Å². The van der Waals surface area contributed by atoms with Crippen molar-refractivity contribution in [2.45, 2.75) is 40.0 Å². The van der Waals surface area contributed by atoms with Gasteiger partial charge in [0.15, 0.2) is 0 Å². The van der Waals surface area contributed by atoms with Gasteiger partial charge < -0.3 is 0 Å². The molecule has 0 aliphatic carbocycles. The van der Waals surface area contributed by atoms with Crippen LogP contribution in [0.15, 0.2) is 23.3 Å². The summed E-state index contributed by atoms with van der Waals surface area (Å²) in [6, 6.07) is 0. The van der Waals surface area contributed by atoms with Crippen molar-refractivity contribution in [1.82, 2.24) is 4.90 Å². The van der Waals surface area contributed by atoms with E-state index in [0.29, 0.717) is 11.8 Å². The van der Waals surface area contributed by atoms with E-state index in [1.165, 1.54) is 24.0 Å². The number of hydrogen-bond acceptors (Lipinski definition) is 2. The topological polar surface area (TPSA) is 3.24 Å². The third-order valence-corrected chi connectivity index (χ3v) is 4.65. The highest BCUT2D eigenvalue weighted by Gasteiger charge is 2.24. The van der Waals surface area contributed by atoms with Crippen LogP contribution in [0.2, 0.25) is 0 Å². The number of terminal acetylenes is 1. The van der Waals surface area contributed by atoms with Crippen molar-refractivity contribution in [3.8, 4) is 12.3 Å². The molecule has 0 N–H and O–H groups in total. The molecule has 106 valence electrons. The molecule has 0 aromatic rings. The molecule has 1 unspecified atom stereocenters. The predicted octanol–water partition coefficient (Wildman–Crippen LogP) is 4.14. The van der Waals surface area contributed by atoms with Gasteiger partial charge in [-0.2, -0.15) is 12.6 Å². The van der Waals surface area contributed by atoms with Crippen molar-refractivity contribution in [3.05, 3.63) is 23.3 Å². The molecule has 0 amide bonds. The fourth-order valence-electron chi connectivity index (χ4n) is 2.84. The van der Waals surface area contributed by atoms with Crippen LogP contribution in [0.4, 0.5) is 0 Å². The van der Waals surface area contributed by atoms with E-state index in [-0.39, 0.29) is 0 Å². The number of piperidine rings is 1. The van der Waals surface area contributed by atoms with E-state index in [2.05, 4.69) is 50.3 Å². The average molecular weight is 277 g/mol. The summed E-state index contributed by atoms with van der Waals surface area (Å²) in [5.41, 5.74) is 2.85. The first kappa shape index (κ1) is 16.4. The maximum Gasteiger partial charge on any atom is 0.0414 e. The number of allylic oxidation sites excluding steroid dienone is 4. The molecule has 1 nitrogen and oxygen atoms in total. The lowest BCUT2D eigenvalue weighted by molar-refractivity contribution is 0.230. The summed E-state index contributed by atoms with van der Waals surface area (Å²) in [5.74, 6) is 4.81. The Kier molecular flexibility index (Phi) is 7.34. The van der Waals surface area contributed by atoms with Crippen LogP contribution in [0.3, 0.4) is 0 Å². The van der Waals surface area contributed by atoms with Gasteiger partial charge >= 0.3 is 0 Å². The van der Waals surface area contributed by atoms with Crippen LogP contribution in [0.5, 0.6) is 0 Å². The maximum atomic E-state index is 5.52. The largest absolute Gasteiger partial charge is 0.294 e. The molecule has 1 atom stereocenters. The molecule has 0 saturated carbocycles. The molecule has 1 heterocycles. The van der Waals surface area contributed by atoms with E-state index < -0.39 is 0 Å². The summed E-state index contributed by atoms with van der Waals surface area (Å²) in [6.45, 7) is 8.94. The van der Waals surface area contributed by atoms with Gasteiger partial charge in [-0.15, -0.1) is 6.42 Å². The van der Waals surface area contributed by atoms with Gasteiger partial charge in [-0.25, -0.2) is 0 Å². The molecule has 1 aliphatic heterocycles. The Hall–Kier alpha value is -0.650. The van der Waals surface area contributed by atoms with Gasteiger partial charge in [0, 0.05) is 5.88 Å². The summed E-state index contributed by atoms with van der Waals surface area (Å²) in [5, 5.41) is 0. The highest BCUT2D eigenvalue weighted by Crippen LogP contribution is 2.33. The average Bonchev–Trinajstić information content (AvgIpc) is 2.47. The van der Waals surface area contributed by atoms with Gasteiger partial charge in [0.1, 0.15) is 0 Å². The fourth-order valence-corrected chi connectivity index (χ4v) is 3.13. The number of hydrogen-bond donors (Lipinski definition) is 1. The molecule has 1 aliphatic rings. The van der Waals surface area contributed by atoms with E-state index in [1.807, 2.05) is 6.08 Å². The second-order valence-corrected chi connectivity index (χ2v) is 5.64. The zero-order valence-electron chi connectivity index (χ0n) is 12.5. The van der Waals surface area contributed by atoms with Crippen LogP contribution in [-0.2, 0) is 0 Å². The van der Waals surface area contributed by atoms with Crippen LogP contribution < -0.4 is 0 Å². The molecule has 0 spiro atoms. The van der Waals surface area contributed by atoms with Crippen molar-refractivity contribution < 1.29 is 0 Å². The first-order chi connectivity index (χ1) is 9.17. The van der Waals surface area contributed by atoms with Gasteiger partial charge in [-0.3, -0.25) is 4.90 Å². The van der Waals surface area contributed by atoms with E-state index in [0.717, 1.165) is 25.4 Å². The Morgan fingerprint density at radius 2 is 2.11 bits per heavy atom. The fraction of sp³-hybridized carbons (Fsp3) is 0.647. The second-order valence-electron chi connectivity index (χ2n) is 5.35. The van der Waals surface area contributed by atoms with Crippen molar-refractivity contribution >= 4 is 12.6 Å². The van der Waals surface area contributed by atoms with E-state index >= 15 is 0 Å². The van der Waals surface area contributed by atoms with Crippen LogP contribution in [0.25, 0.3) is 0 Å². The van der Waals surface area contributed by atoms with E-state index in [9.17, 15) is 0 Å². The van der Waals surface area contributed by atoms with Crippen molar-refractivity contribution in [2.24, 2.45) is 11.8 Å². The number of likely N-dealkylation sites (tertiary alicyclic amines) is 1. The Bertz CT molecular complexity index is 367. The van der Waals surface area contributed by atoms with E-state index in [1.54, 1.807) is 0 Å². The first-order valence-corrected chi connectivity index (χ1v) is 7.97. The summed E-state index contributed by atoms with van der Waals surface area (Å²) in [4.78, 5) is 2.40. The third kappa shape index (κ3) is 4.44. The first-order valence-electron chi connectivity index (χ1n) is 7.33. The highest BCUT2D eigenvalue weighted by molar-refractivity contribution is 7.80. The summed E-state index contributed by atoms with van der Waals surface area (Å²) >= 11 is 4.36. The van der Waals surface area contributed by atoms with Gasteiger partial charge in [-0.05, 0) is 68.3 Å². The number of nitrogens with zero attached hydrogens (tertiary/aromatic N) is 1.